The maximum Gasteiger partial charge on any atom is 0.229 e. The lowest BCUT2D eigenvalue weighted by atomic mass is 10.1. The maximum absolute atomic E-state index is 6.06. The van der Waals surface area contributed by atoms with Gasteiger partial charge in [-0.25, -0.2) is 0 Å². The zero-order valence-corrected chi connectivity index (χ0v) is 14.5. The van der Waals surface area contributed by atoms with E-state index in [0.29, 0.717) is 23.3 Å². The number of nitrogens with one attached hydrogen (secondary N) is 2. The molecule has 4 rings (SSSR count). The molecule has 2 N–H and O–H groups in total. The predicted molar refractivity (Wildman–Crippen MR) is 101 cm³/mol. The summed E-state index contributed by atoms with van der Waals surface area (Å²) in [5, 5.41) is 12.3. The lowest BCUT2D eigenvalue weighted by Crippen LogP contribution is -1.97. The molecule has 0 bridgehead atoms. The molecule has 6 nitrogen and oxygen atoms in total. The van der Waals surface area contributed by atoms with Gasteiger partial charge in [-0.15, -0.1) is 0 Å². The number of anilines is 2. The minimum Gasteiger partial charge on any atom is -0.497 e. The van der Waals surface area contributed by atoms with Crippen LogP contribution in [-0.2, 0) is 0 Å². The van der Waals surface area contributed by atoms with E-state index in [1.807, 2.05) is 67.6 Å². The fourth-order valence-corrected chi connectivity index (χ4v) is 2.70. The summed E-state index contributed by atoms with van der Waals surface area (Å²) in [5.41, 5.74) is 0.973. The van der Waals surface area contributed by atoms with Crippen molar-refractivity contribution in [2.45, 2.75) is 6.92 Å². The highest BCUT2D eigenvalue weighted by atomic mass is 16.5. The summed E-state index contributed by atoms with van der Waals surface area (Å²) in [6.07, 6.45) is 0. The van der Waals surface area contributed by atoms with Crippen LogP contribution in [0.25, 0.3) is 10.8 Å². The number of methoxy groups -OCH3 is 1. The third-order valence-electron chi connectivity index (χ3n) is 3.92. The van der Waals surface area contributed by atoms with E-state index in [1.165, 1.54) is 0 Å². The third kappa shape index (κ3) is 3.30. The largest absolute Gasteiger partial charge is 0.497 e. The molecule has 0 unspecified atom stereocenters. The van der Waals surface area contributed by atoms with Crippen LogP contribution in [0.1, 0.15) is 5.69 Å². The highest BCUT2D eigenvalue weighted by Crippen LogP contribution is 2.32. The Hall–Kier alpha value is -3.54. The van der Waals surface area contributed by atoms with Crippen molar-refractivity contribution in [3.8, 4) is 17.4 Å². The van der Waals surface area contributed by atoms with Crippen LogP contribution < -0.4 is 14.8 Å². The first kappa shape index (κ1) is 16.0. The smallest absolute Gasteiger partial charge is 0.229 e. The fraction of sp³-hybridized carbons (Fsp3) is 0.100. The molecule has 26 heavy (non-hydrogen) atoms. The number of pyridine rings is 1. The van der Waals surface area contributed by atoms with E-state index >= 15 is 0 Å². The molecule has 0 saturated heterocycles. The van der Waals surface area contributed by atoms with Gasteiger partial charge in [-0.05, 0) is 36.6 Å². The zero-order chi connectivity index (χ0) is 17.9. The van der Waals surface area contributed by atoms with Gasteiger partial charge < -0.3 is 14.8 Å². The van der Waals surface area contributed by atoms with Crippen molar-refractivity contribution in [3.05, 3.63) is 66.4 Å². The first-order valence-electron chi connectivity index (χ1n) is 8.22. The molecule has 2 aromatic carbocycles. The van der Waals surface area contributed by atoms with Gasteiger partial charge in [0.05, 0.1) is 7.11 Å². The minimum absolute atomic E-state index is 0.520. The number of hydrogen-bond donors (Lipinski definition) is 2. The Morgan fingerprint density at radius 2 is 1.77 bits per heavy atom. The number of H-pyrrole nitrogens is 1. The first-order chi connectivity index (χ1) is 12.7. The molecule has 0 atom stereocenters. The number of aryl methyl sites for hydroxylation is 1. The van der Waals surface area contributed by atoms with Crippen LogP contribution in [0, 0.1) is 6.92 Å². The number of nitrogens with zero attached hydrogens (tertiary/aromatic N) is 2. The van der Waals surface area contributed by atoms with E-state index in [4.69, 9.17) is 9.47 Å². The fourth-order valence-electron chi connectivity index (χ4n) is 2.70. The van der Waals surface area contributed by atoms with Crippen molar-refractivity contribution in [2.24, 2.45) is 0 Å². The van der Waals surface area contributed by atoms with Crippen molar-refractivity contribution in [2.75, 3.05) is 12.4 Å². The van der Waals surface area contributed by atoms with Crippen LogP contribution in [0.3, 0.4) is 0 Å². The highest BCUT2D eigenvalue weighted by Gasteiger charge is 2.10. The second-order valence-corrected chi connectivity index (χ2v) is 5.88. The van der Waals surface area contributed by atoms with E-state index in [2.05, 4.69) is 20.5 Å². The molecule has 2 heterocycles. The Balaban J connectivity index is 1.74. The van der Waals surface area contributed by atoms with Gasteiger partial charge >= 0.3 is 0 Å². The first-order valence-corrected chi connectivity index (χ1v) is 8.22. The number of fused-ring (bicyclic) bond motifs is 1. The molecular weight excluding hydrogens is 328 g/mol. The van der Waals surface area contributed by atoms with Gasteiger partial charge in [0.15, 0.2) is 5.82 Å². The van der Waals surface area contributed by atoms with Gasteiger partial charge in [-0.3, -0.25) is 5.10 Å². The van der Waals surface area contributed by atoms with Crippen LogP contribution >= 0.6 is 0 Å². The van der Waals surface area contributed by atoms with Crippen LogP contribution in [0.5, 0.6) is 17.4 Å². The molecule has 0 aliphatic carbocycles. The average Bonchev–Trinajstić information content (AvgIpc) is 3.06. The van der Waals surface area contributed by atoms with E-state index in [0.717, 1.165) is 22.2 Å². The molecule has 0 spiro atoms. The normalized spacial score (nSPS) is 10.7. The predicted octanol–water partition coefficient (Wildman–Crippen LogP) is 4.81. The van der Waals surface area contributed by atoms with Gasteiger partial charge in [-0.1, -0.05) is 24.3 Å². The summed E-state index contributed by atoms with van der Waals surface area (Å²) >= 11 is 0. The molecule has 0 radical (unpaired) electrons. The van der Waals surface area contributed by atoms with E-state index in [9.17, 15) is 0 Å². The van der Waals surface area contributed by atoms with Crippen molar-refractivity contribution >= 4 is 22.4 Å². The van der Waals surface area contributed by atoms with E-state index in [1.54, 1.807) is 7.11 Å². The second kappa shape index (κ2) is 6.76. The standard InChI is InChI=1S/C20H18N4O2/c1-13-10-19(24-23-13)21-18-11-14-6-3-4-9-17(14)20(22-18)26-16-8-5-7-15(12-16)25-2/h3-12H,1-2H3,(H2,21,22,23,24). The Labute approximate surface area is 150 Å². The van der Waals surface area contributed by atoms with Gasteiger partial charge in [0.1, 0.15) is 17.3 Å². The molecule has 0 fully saturated rings. The monoisotopic (exact) mass is 346 g/mol. The molecule has 0 saturated carbocycles. The summed E-state index contributed by atoms with van der Waals surface area (Å²) in [5.74, 6) is 3.28. The number of benzene rings is 2. The number of aromatic nitrogens is 3. The molecule has 4 aromatic rings. The SMILES string of the molecule is COc1cccc(Oc2nc(Nc3cc(C)[nH]n3)cc3ccccc23)c1. The molecular formula is C20H18N4O2. The summed E-state index contributed by atoms with van der Waals surface area (Å²) in [4.78, 5) is 4.63. The molecule has 130 valence electrons. The van der Waals surface area contributed by atoms with Gasteiger partial charge in [0.2, 0.25) is 5.88 Å². The quantitative estimate of drug-likeness (QED) is 0.542. The summed E-state index contributed by atoms with van der Waals surface area (Å²) in [6, 6.07) is 19.3. The van der Waals surface area contributed by atoms with Crippen LogP contribution in [-0.4, -0.2) is 22.3 Å². The third-order valence-corrected chi connectivity index (χ3v) is 3.92. The lowest BCUT2D eigenvalue weighted by molar-refractivity contribution is 0.408. The Kier molecular flexibility index (Phi) is 4.15. The van der Waals surface area contributed by atoms with Crippen molar-refractivity contribution in [1.29, 1.82) is 0 Å². The van der Waals surface area contributed by atoms with Crippen molar-refractivity contribution < 1.29 is 9.47 Å². The Morgan fingerprint density at radius 3 is 2.58 bits per heavy atom. The number of rotatable bonds is 5. The lowest BCUT2D eigenvalue weighted by Gasteiger charge is -2.11. The van der Waals surface area contributed by atoms with E-state index < -0.39 is 0 Å². The maximum atomic E-state index is 6.06. The summed E-state index contributed by atoms with van der Waals surface area (Å²) < 4.78 is 11.3. The van der Waals surface area contributed by atoms with Gasteiger partial charge in [0, 0.05) is 23.2 Å². The van der Waals surface area contributed by atoms with Crippen LogP contribution in [0.2, 0.25) is 0 Å². The highest BCUT2D eigenvalue weighted by molar-refractivity contribution is 5.89. The topological polar surface area (TPSA) is 72.1 Å². The summed E-state index contributed by atoms with van der Waals surface area (Å²) in [6.45, 7) is 1.95. The van der Waals surface area contributed by atoms with Gasteiger partial charge in [0.25, 0.3) is 0 Å². The Morgan fingerprint density at radius 1 is 0.923 bits per heavy atom. The van der Waals surface area contributed by atoms with Crippen molar-refractivity contribution in [3.63, 3.8) is 0 Å². The van der Waals surface area contributed by atoms with Gasteiger partial charge in [-0.2, -0.15) is 10.1 Å². The molecule has 0 aliphatic rings. The number of ether oxygens (including phenoxy) is 2. The summed E-state index contributed by atoms with van der Waals surface area (Å²) in [7, 11) is 1.63. The molecule has 0 amide bonds. The molecule has 2 aromatic heterocycles. The molecule has 0 aliphatic heterocycles. The van der Waals surface area contributed by atoms with E-state index in [-0.39, 0.29) is 0 Å². The average molecular weight is 346 g/mol. The van der Waals surface area contributed by atoms with Crippen molar-refractivity contribution in [1.82, 2.24) is 15.2 Å². The minimum atomic E-state index is 0.520. The number of hydrogen-bond acceptors (Lipinski definition) is 5. The molecule has 6 heteroatoms. The second-order valence-electron chi connectivity index (χ2n) is 5.88. The Bertz CT molecular complexity index is 1060. The van der Waals surface area contributed by atoms with Crippen LogP contribution in [0.15, 0.2) is 60.7 Å². The number of aromatic amines is 1. The zero-order valence-electron chi connectivity index (χ0n) is 14.5. The van der Waals surface area contributed by atoms with Crippen LogP contribution in [0.4, 0.5) is 11.6 Å².